The van der Waals surface area contributed by atoms with Crippen LogP contribution in [0, 0.1) is 0 Å². The second-order valence-electron chi connectivity index (χ2n) is 20.6. The number of para-hydroxylation sites is 3. The normalized spacial score (nSPS) is 12.5. The molecule has 16 rings (SSSR count). The van der Waals surface area contributed by atoms with Gasteiger partial charge in [-0.1, -0.05) is 243 Å². The van der Waals surface area contributed by atoms with Crippen LogP contribution in [0.15, 0.2) is 279 Å². The zero-order chi connectivity index (χ0) is 53.4. The molecule has 378 valence electrons. The molecular weight excluding hydrogens is 989 g/mol. The molecule has 0 atom stereocenters. The van der Waals surface area contributed by atoms with Crippen molar-refractivity contribution in [2.24, 2.45) is 0 Å². The van der Waals surface area contributed by atoms with Crippen molar-refractivity contribution in [3.05, 3.63) is 301 Å². The van der Waals surface area contributed by atoms with Crippen molar-refractivity contribution in [3.8, 4) is 79.7 Å². The van der Waals surface area contributed by atoms with Gasteiger partial charge in [0, 0.05) is 49.4 Å². The molecule has 8 nitrogen and oxygen atoms in total. The van der Waals surface area contributed by atoms with Crippen molar-refractivity contribution >= 4 is 43.6 Å². The van der Waals surface area contributed by atoms with E-state index in [-0.39, 0.29) is 0 Å². The summed E-state index contributed by atoms with van der Waals surface area (Å²) in [5.41, 5.74) is 16.0. The van der Waals surface area contributed by atoms with E-state index in [1.165, 1.54) is 33.4 Å². The molecule has 4 heterocycles. The van der Waals surface area contributed by atoms with Crippen LogP contribution in [0.25, 0.3) is 123 Å². The van der Waals surface area contributed by atoms with Crippen LogP contribution in [0.1, 0.15) is 22.3 Å². The molecule has 1 aliphatic rings. The Morgan fingerprint density at radius 2 is 0.728 bits per heavy atom. The van der Waals surface area contributed by atoms with Crippen LogP contribution in [-0.2, 0) is 5.41 Å². The number of benzene rings is 11. The maximum absolute atomic E-state index is 5.56. The van der Waals surface area contributed by atoms with Crippen LogP contribution in [0.3, 0.4) is 0 Å². The van der Waals surface area contributed by atoms with Gasteiger partial charge in [0.1, 0.15) is 0 Å². The van der Waals surface area contributed by atoms with Gasteiger partial charge in [0.25, 0.3) is 0 Å². The summed E-state index contributed by atoms with van der Waals surface area (Å²) in [5, 5.41) is 4.37. The highest BCUT2D eigenvalue weighted by atomic mass is 15.2. The van der Waals surface area contributed by atoms with E-state index in [1.807, 2.05) is 78.9 Å². The molecular formula is C73H46N8. The van der Waals surface area contributed by atoms with Crippen LogP contribution in [-0.4, -0.2) is 39.0 Å². The zero-order valence-electron chi connectivity index (χ0n) is 43.6. The average molecular weight is 1040 g/mol. The first-order valence-electron chi connectivity index (χ1n) is 27.3. The maximum Gasteiger partial charge on any atom is 0.238 e. The standard InChI is InChI=1S/C73H46N8/c1-6-24-47(25-7-1)67-74-70(50-42-43-54-53-34-16-20-38-59(53)73(60(54)46-50,51-30-12-4-13-31-51)52-32-14-5-15-33-52)77-71(76-67)58-37-19-23-41-63(58)80-61-39-21-17-35-55(61)56-44-45-64-65(66(56)80)57-36-18-22-40-62(57)81(64)72-78-68(48-26-8-2-9-27-48)75-69(79-72)49-28-10-3-11-29-49/h1-46H. The van der Waals surface area contributed by atoms with Gasteiger partial charge in [-0.05, 0) is 69.8 Å². The molecule has 0 radical (unpaired) electrons. The molecule has 0 aliphatic heterocycles. The fourth-order valence-corrected chi connectivity index (χ4v) is 12.7. The van der Waals surface area contributed by atoms with Gasteiger partial charge >= 0.3 is 0 Å². The lowest BCUT2D eigenvalue weighted by molar-refractivity contribution is 0.768. The smallest absolute Gasteiger partial charge is 0.238 e. The number of hydrogen-bond donors (Lipinski definition) is 0. The summed E-state index contributed by atoms with van der Waals surface area (Å²) in [6.45, 7) is 0. The van der Waals surface area contributed by atoms with Gasteiger partial charge in [-0.15, -0.1) is 0 Å². The minimum Gasteiger partial charge on any atom is -0.308 e. The second-order valence-corrected chi connectivity index (χ2v) is 20.6. The molecule has 0 amide bonds. The number of fused-ring (bicyclic) bond motifs is 10. The lowest BCUT2D eigenvalue weighted by Crippen LogP contribution is -2.28. The Kier molecular flexibility index (Phi) is 10.6. The Balaban J connectivity index is 0.939. The first kappa shape index (κ1) is 46.2. The highest BCUT2D eigenvalue weighted by molar-refractivity contribution is 6.26. The molecule has 15 aromatic rings. The van der Waals surface area contributed by atoms with E-state index >= 15 is 0 Å². The van der Waals surface area contributed by atoms with E-state index in [2.05, 4.69) is 209 Å². The van der Waals surface area contributed by atoms with Crippen LogP contribution in [0.5, 0.6) is 0 Å². The molecule has 11 aromatic carbocycles. The van der Waals surface area contributed by atoms with Crippen LogP contribution < -0.4 is 0 Å². The van der Waals surface area contributed by atoms with Gasteiger partial charge in [0.2, 0.25) is 5.95 Å². The van der Waals surface area contributed by atoms with E-state index in [1.54, 1.807) is 0 Å². The monoisotopic (exact) mass is 1030 g/mol. The van der Waals surface area contributed by atoms with Crippen LogP contribution in [0.2, 0.25) is 0 Å². The topological polar surface area (TPSA) is 87.2 Å². The van der Waals surface area contributed by atoms with E-state index in [0.717, 1.165) is 77.1 Å². The van der Waals surface area contributed by atoms with Gasteiger partial charge in [-0.25, -0.2) is 19.9 Å². The minimum absolute atomic E-state index is 0.530. The van der Waals surface area contributed by atoms with Crippen molar-refractivity contribution < 1.29 is 0 Å². The molecule has 81 heavy (non-hydrogen) atoms. The third kappa shape index (κ3) is 7.24. The van der Waals surface area contributed by atoms with Crippen molar-refractivity contribution in [2.75, 3.05) is 0 Å². The van der Waals surface area contributed by atoms with Gasteiger partial charge in [-0.3, -0.25) is 4.57 Å². The Bertz CT molecular complexity index is 4820. The highest BCUT2D eigenvalue weighted by Crippen LogP contribution is 2.57. The Morgan fingerprint density at radius 1 is 0.272 bits per heavy atom. The minimum atomic E-state index is -0.599. The van der Waals surface area contributed by atoms with Crippen molar-refractivity contribution in [1.29, 1.82) is 0 Å². The molecule has 0 fully saturated rings. The Morgan fingerprint density at radius 3 is 1.35 bits per heavy atom. The average Bonchev–Trinajstić information content (AvgIpc) is 2.82. The number of nitrogens with zero attached hydrogens (tertiary/aromatic N) is 8. The fourth-order valence-electron chi connectivity index (χ4n) is 12.7. The third-order valence-corrected chi connectivity index (χ3v) is 16.1. The molecule has 0 N–H and O–H groups in total. The molecule has 4 aromatic heterocycles. The van der Waals surface area contributed by atoms with Gasteiger partial charge in [0.05, 0.1) is 33.2 Å². The summed E-state index contributed by atoms with van der Waals surface area (Å²) in [7, 11) is 0. The molecule has 0 unspecified atom stereocenters. The number of hydrogen-bond acceptors (Lipinski definition) is 6. The van der Waals surface area contributed by atoms with E-state index in [4.69, 9.17) is 29.9 Å². The molecule has 0 bridgehead atoms. The zero-order valence-corrected chi connectivity index (χ0v) is 43.6. The van der Waals surface area contributed by atoms with Gasteiger partial charge in [0.15, 0.2) is 29.1 Å². The molecule has 8 heteroatoms. The third-order valence-electron chi connectivity index (χ3n) is 16.1. The number of aromatic nitrogens is 8. The summed E-state index contributed by atoms with van der Waals surface area (Å²) < 4.78 is 4.60. The highest BCUT2D eigenvalue weighted by Gasteiger charge is 2.46. The molecule has 1 aliphatic carbocycles. The van der Waals surface area contributed by atoms with Gasteiger partial charge < -0.3 is 4.57 Å². The fraction of sp³-hybridized carbons (Fsp3) is 0.0137. The molecule has 0 saturated carbocycles. The van der Waals surface area contributed by atoms with Crippen molar-refractivity contribution in [3.63, 3.8) is 0 Å². The Labute approximate surface area is 466 Å². The van der Waals surface area contributed by atoms with Crippen LogP contribution in [0.4, 0.5) is 0 Å². The summed E-state index contributed by atoms with van der Waals surface area (Å²) in [4.78, 5) is 32.0. The lowest BCUT2D eigenvalue weighted by atomic mass is 9.67. The van der Waals surface area contributed by atoms with E-state index in [0.29, 0.717) is 35.1 Å². The summed E-state index contributed by atoms with van der Waals surface area (Å²) in [6, 6.07) is 98.2. The van der Waals surface area contributed by atoms with Crippen molar-refractivity contribution in [2.45, 2.75) is 5.41 Å². The first-order valence-corrected chi connectivity index (χ1v) is 27.3. The summed E-state index contributed by atoms with van der Waals surface area (Å²) in [6.07, 6.45) is 0. The largest absolute Gasteiger partial charge is 0.308 e. The van der Waals surface area contributed by atoms with Crippen LogP contribution >= 0.6 is 0 Å². The SMILES string of the molecule is c1ccc(-c2nc(-c3ccc4c(c3)C(c3ccccc3)(c3ccccc3)c3ccccc3-4)nc(-c3ccccc3-n3c4ccccc4c4ccc5c(c6ccccc6n5-c5nc(-c6ccccc6)nc(-c6ccccc6)n5)c43)n2)cc1. The Hall–Kier alpha value is -11.0. The van der Waals surface area contributed by atoms with Crippen molar-refractivity contribution in [1.82, 2.24) is 39.0 Å². The predicted octanol–water partition coefficient (Wildman–Crippen LogP) is 16.9. The summed E-state index contributed by atoms with van der Waals surface area (Å²) in [5.74, 6) is 3.44. The quantitative estimate of drug-likeness (QED) is 0.143. The summed E-state index contributed by atoms with van der Waals surface area (Å²) >= 11 is 0. The molecule has 0 spiro atoms. The van der Waals surface area contributed by atoms with Gasteiger partial charge in [-0.2, -0.15) is 9.97 Å². The second kappa shape index (κ2) is 18.6. The maximum atomic E-state index is 5.56. The molecule has 0 saturated heterocycles. The lowest BCUT2D eigenvalue weighted by Gasteiger charge is -2.34. The first-order chi connectivity index (χ1) is 40.2. The van der Waals surface area contributed by atoms with E-state index < -0.39 is 5.41 Å². The number of rotatable bonds is 9. The van der Waals surface area contributed by atoms with E-state index in [9.17, 15) is 0 Å². The predicted molar refractivity (Wildman–Crippen MR) is 326 cm³/mol.